The van der Waals surface area contributed by atoms with Crippen LogP contribution in [0.4, 0.5) is 0 Å². The third kappa shape index (κ3) is 2.64. The second kappa shape index (κ2) is 4.55. The van der Waals surface area contributed by atoms with Crippen molar-refractivity contribution in [1.29, 1.82) is 0 Å². The lowest BCUT2D eigenvalue weighted by Gasteiger charge is -2.03. The van der Waals surface area contributed by atoms with E-state index in [1.165, 1.54) is 11.3 Å². The summed E-state index contributed by atoms with van der Waals surface area (Å²) in [6.07, 6.45) is 3.45. The van der Waals surface area contributed by atoms with Gasteiger partial charge in [0, 0.05) is 12.6 Å². The minimum Gasteiger partial charge on any atom is -0.443 e. The van der Waals surface area contributed by atoms with Crippen LogP contribution < -0.4 is 5.32 Å². The van der Waals surface area contributed by atoms with E-state index in [-0.39, 0.29) is 0 Å². The van der Waals surface area contributed by atoms with Crippen LogP contribution in [-0.2, 0) is 6.54 Å². The van der Waals surface area contributed by atoms with Gasteiger partial charge in [-0.1, -0.05) is 13.8 Å². The highest BCUT2D eigenvalue weighted by Crippen LogP contribution is 2.21. The van der Waals surface area contributed by atoms with Gasteiger partial charge in [0.15, 0.2) is 0 Å². The highest BCUT2D eigenvalue weighted by Gasteiger charge is 2.07. The molecule has 15 heavy (non-hydrogen) atoms. The minimum absolute atomic E-state index is 0.452. The van der Waals surface area contributed by atoms with E-state index in [9.17, 15) is 0 Å². The van der Waals surface area contributed by atoms with E-state index in [4.69, 9.17) is 4.42 Å². The van der Waals surface area contributed by atoms with Crippen LogP contribution in [0.15, 0.2) is 22.4 Å². The van der Waals surface area contributed by atoms with Gasteiger partial charge in [0.25, 0.3) is 0 Å². The third-order valence-corrected chi connectivity index (χ3v) is 2.65. The van der Waals surface area contributed by atoms with Crippen molar-refractivity contribution in [2.75, 3.05) is 0 Å². The maximum atomic E-state index is 5.36. The van der Waals surface area contributed by atoms with Crippen LogP contribution in [0.3, 0.4) is 0 Å². The van der Waals surface area contributed by atoms with Crippen LogP contribution in [0.1, 0.15) is 19.5 Å². The molecule has 2 heterocycles. The first kappa shape index (κ1) is 10.3. The summed E-state index contributed by atoms with van der Waals surface area (Å²) in [5.41, 5.74) is 2.69. The maximum absolute atomic E-state index is 5.36. The zero-order valence-electron chi connectivity index (χ0n) is 8.73. The van der Waals surface area contributed by atoms with Crippen molar-refractivity contribution in [3.8, 4) is 10.8 Å². The Bertz CT molecular complexity index is 408. The van der Waals surface area contributed by atoms with Crippen molar-refractivity contribution in [1.82, 2.24) is 15.3 Å². The van der Waals surface area contributed by atoms with E-state index >= 15 is 0 Å². The molecule has 0 aliphatic carbocycles. The fourth-order valence-electron chi connectivity index (χ4n) is 1.13. The van der Waals surface area contributed by atoms with Crippen LogP contribution in [0.2, 0.25) is 0 Å². The summed E-state index contributed by atoms with van der Waals surface area (Å²) in [6, 6.07) is 0.452. The summed E-state index contributed by atoms with van der Waals surface area (Å²) in [6.45, 7) is 4.94. The van der Waals surface area contributed by atoms with Gasteiger partial charge in [-0.25, -0.2) is 4.98 Å². The lowest BCUT2D eigenvalue weighted by atomic mass is 10.4. The molecule has 0 aliphatic rings. The Hall–Kier alpha value is -1.20. The molecule has 0 saturated carbocycles. The predicted octanol–water partition coefficient (Wildman–Crippen LogP) is 2.30. The molecule has 0 fully saturated rings. The molecule has 0 atom stereocenters. The summed E-state index contributed by atoms with van der Waals surface area (Å²) < 4.78 is 5.36. The monoisotopic (exact) mass is 223 g/mol. The van der Waals surface area contributed by atoms with Crippen LogP contribution in [0.25, 0.3) is 10.8 Å². The highest BCUT2D eigenvalue weighted by molar-refractivity contribution is 7.13. The number of oxazole rings is 1. The summed E-state index contributed by atoms with van der Waals surface area (Å²) in [5, 5.41) is 3.29. The van der Waals surface area contributed by atoms with Gasteiger partial charge in [-0.05, 0) is 0 Å². The van der Waals surface area contributed by atoms with Crippen LogP contribution in [0, 0.1) is 0 Å². The molecule has 2 aromatic rings. The van der Waals surface area contributed by atoms with Crippen molar-refractivity contribution in [2.45, 2.75) is 26.4 Å². The average molecular weight is 223 g/mol. The molecule has 0 bridgehead atoms. The van der Waals surface area contributed by atoms with E-state index < -0.39 is 0 Å². The Labute approximate surface area is 92.4 Å². The van der Waals surface area contributed by atoms with E-state index in [1.807, 2.05) is 0 Å². The molecule has 0 aliphatic heterocycles. The van der Waals surface area contributed by atoms with Crippen molar-refractivity contribution in [3.05, 3.63) is 23.7 Å². The summed E-state index contributed by atoms with van der Waals surface area (Å²) in [5.74, 6) is 0.651. The van der Waals surface area contributed by atoms with Crippen molar-refractivity contribution in [2.24, 2.45) is 0 Å². The first-order valence-corrected chi connectivity index (χ1v) is 5.70. The first-order chi connectivity index (χ1) is 7.25. The predicted molar refractivity (Wildman–Crippen MR) is 59.6 cm³/mol. The molecule has 0 amide bonds. The lowest BCUT2D eigenvalue weighted by molar-refractivity contribution is 0.560. The van der Waals surface area contributed by atoms with Gasteiger partial charge in [-0.15, -0.1) is 11.3 Å². The normalized spacial score (nSPS) is 11.1. The van der Waals surface area contributed by atoms with Crippen molar-refractivity contribution >= 4 is 11.3 Å². The van der Waals surface area contributed by atoms with Crippen molar-refractivity contribution in [3.63, 3.8) is 0 Å². The highest BCUT2D eigenvalue weighted by atomic mass is 32.1. The summed E-state index contributed by atoms with van der Waals surface area (Å²) in [4.78, 5) is 9.31. The number of aromatic nitrogens is 2. The number of hydrogen-bond donors (Lipinski definition) is 1. The van der Waals surface area contributed by atoms with Crippen molar-refractivity contribution < 1.29 is 4.42 Å². The Morgan fingerprint density at radius 3 is 3.07 bits per heavy atom. The lowest BCUT2D eigenvalue weighted by Crippen LogP contribution is -2.21. The topological polar surface area (TPSA) is 51.0 Å². The zero-order chi connectivity index (χ0) is 10.7. The second-order valence-corrected chi connectivity index (χ2v) is 4.43. The Balaban J connectivity index is 2.04. The molecule has 80 valence electrons. The van der Waals surface area contributed by atoms with E-state index in [1.54, 1.807) is 18.0 Å². The first-order valence-electron chi connectivity index (χ1n) is 4.82. The minimum atomic E-state index is 0.452. The van der Waals surface area contributed by atoms with Gasteiger partial charge >= 0.3 is 0 Å². The van der Waals surface area contributed by atoms with Gasteiger partial charge in [-0.2, -0.15) is 0 Å². The Morgan fingerprint density at radius 2 is 2.40 bits per heavy atom. The van der Waals surface area contributed by atoms with Crippen LogP contribution >= 0.6 is 11.3 Å². The fourth-order valence-corrected chi connectivity index (χ4v) is 1.68. The van der Waals surface area contributed by atoms with E-state index in [0.29, 0.717) is 11.9 Å². The Kier molecular flexibility index (Phi) is 3.13. The number of nitrogens with zero attached hydrogens (tertiary/aromatic N) is 2. The van der Waals surface area contributed by atoms with Gasteiger partial charge in [0.2, 0.25) is 5.89 Å². The molecule has 2 rings (SSSR count). The van der Waals surface area contributed by atoms with Gasteiger partial charge < -0.3 is 9.73 Å². The maximum Gasteiger partial charge on any atom is 0.238 e. The van der Waals surface area contributed by atoms with Gasteiger partial charge in [-0.3, -0.25) is 4.98 Å². The van der Waals surface area contributed by atoms with Crippen LogP contribution in [0.5, 0.6) is 0 Å². The quantitative estimate of drug-likeness (QED) is 0.864. The fraction of sp³-hybridized carbons (Fsp3) is 0.400. The van der Waals surface area contributed by atoms with Gasteiger partial charge in [0.05, 0.1) is 17.4 Å². The van der Waals surface area contributed by atoms with E-state index in [2.05, 4.69) is 29.1 Å². The molecule has 0 saturated heterocycles. The summed E-state index contributed by atoms with van der Waals surface area (Å²) in [7, 11) is 0. The van der Waals surface area contributed by atoms with E-state index in [0.717, 1.165) is 17.1 Å². The smallest absolute Gasteiger partial charge is 0.238 e. The third-order valence-electron chi connectivity index (χ3n) is 1.89. The average Bonchev–Trinajstić information content (AvgIpc) is 2.85. The number of nitrogens with one attached hydrogen (secondary N) is 1. The molecule has 4 nitrogen and oxygen atoms in total. The van der Waals surface area contributed by atoms with Gasteiger partial charge in [0.1, 0.15) is 11.1 Å². The number of rotatable bonds is 4. The SMILES string of the molecule is CC(C)NCc1coc(-c2cncs2)n1. The molecule has 2 aromatic heterocycles. The Morgan fingerprint density at radius 1 is 1.53 bits per heavy atom. The standard InChI is InChI=1S/C10H13N3OS/c1-7(2)12-3-8-5-14-10(13-8)9-4-11-6-15-9/h4-7,12H,3H2,1-2H3. The molecular weight excluding hydrogens is 210 g/mol. The molecule has 0 radical (unpaired) electrons. The second-order valence-electron chi connectivity index (χ2n) is 3.55. The molecule has 0 unspecified atom stereocenters. The molecule has 0 spiro atoms. The number of thiazole rings is 1. The largest absolute Gasteiger partial charge is 0.443 e. The molecule has 0 aromatic carbocycles. The zero-order valence-corrected chi connectivity index (χ0v) is 9.54. The van der Waals surface area contributed by atoms with Crippen LogP contribution in [-0.4, -0.2) is 16.0 Å². The number of hydrogen-bond acceptors (Lipinski definition) is 5. The summed E-state index contributed by atoms with van der Waals surface area (Å²) >= 11 is 1.53. The molecular formula is C10H13N3OS. The molecule has 1 N–H and O–H groups in total. The molecule has 5 heteroatoms.